The first kappa shape index (κ1) is 7.34. The van der Waals surface area contributed by atoms with E-state index in [0.717, 1.165) is 19.6 Å². The van der Waals surface area contributed by atoms with Crippen molar-refractivity contribution < 1.29 is 4.79 Å². The molecule has 1 heterocycles. The number of amides is 2. The molecule has 2 amide bonds. The van der Waals surface area contributed by atoms with Gasteiger partial charge in [-0.2, -0.15) is 0 Å². The Hall–Kier alpha value is -0.770. The van der Waals surface area contributed by atoms with Crippen LogP contribution in [-0.2, 0) is 0 Å². The number of urea groups is 1. The van der Waals surface area contributed by atoms with Gasteiger partial charge in [-0.1, -0.05) is 0 Å². The summed E-state index contributed by atoms with van der Waals surface area (Å²) in [6.45, 7) is 4.42. The van der Waals surface area contributed by atoms with E-state index in [-0.39, 0.29) is 12.1 Å². The summed E-state index contributed by atoms with van der Waals surface area (Å²) in [5.74, 6) is 0. The summed E-state index contributed by atoms with van der Waals surface area (Å²) in [7, 11) is 0. The lowest BCUT2D eigenvalue weighted by Gasteiger charge is -2.32. The van der Waals surface area contributed by atoms with Crippen molar-refractivity contribution in [3.8, 4) is 0 Å². The Morgan fingerprint density at radius 2 is 2.50 bits per heavy atom. The van der Waals surface area contributed by atoms with Gasteiger partial charge in [-0.05, 0) is 6.92 Å². The molecule has 0 radical (unpaired) electrons. The van der Waals surface area contributed by atoms with Crippen LogP contribution in [0.4, 0.5) is 4.79 Å². The highest BCUT2D eigenvalue weighted by molar-refractivity contribution is 5.72. The molecule has 0 unspecified atom stereocenters. The van der Waals surface area contributed by atoms with Crippen molar-refractivity contribution in [2.75, 3.05) is 19.6 Å². The highest BCUT2D eigenvalue weighted by atomic mass is 16.2. The van der Waals surface area contributed by atoms with E-state index in [1.807, 2.05) is 6.92 Å². The number of nitrogens with zero attached hydrogens (tertiary/aromatic N) is 1. The molecule has 1 rings (SSSR count). The van der Waals surface area contributed by atoms with E-state index < -0.39 is 0 Å². The van der Waals surface area contributed by atoms with Crippen LogP contribution in [-0.4, -0.2) is 36.6 Å². The van der Waals surface area contributed by atoms with Gasteiger partial charge < -0.3 is 16.0 Å². The van der Waals surface area contributed by atoms with Gasteiger partial charge in [-0.3, -0.25) is 0 Å². The number of carbonyl (C=O) groups is 1. The molecule has 0 aromatic rings. The lowest BCUT2D eigenvalue weighted by atomic mass is 10.2. The van der Waals surface area contributed by atoms with Crippen LogP contribution in [0.25, 0.3) is 0 Å². The highest BCUT2D eigenvalue weighted by Gasteiger charge is 2.19. The van der Waals surface area contributed by atoms with Crippen molar-refractivity contribution in [3.05, 3.63) is 0 Å². The van der Waals surface area contributed by atoms with Gasteiger partial charge in [0.05, 0.1) is 0 Å². The normalized spacial score (nSPS) is 26.5. The van der Waals surface area contributed by atoms with E-state index in [2.05, 4.69) is 5.32 Å². The van der Waals surface area contributed by atoms with Gasteiger partial charge in [0.25, 0.3) is 0 Å². The summed E-state index contributed by atoms with van der Waals surface area (Å²) in [5.41, 5.74) is 5.12. The molecular formula is C6H13N3O. The smallest absolute Gasteiger partial charge is 0.315 e. The number of nitrogens with one attached hydrogen (secondary N) is 1. The Bertz CT molecular complexity index is 137. The van der Waals surface area contributed by atoms with Crippen LogP contribution < -0.4 is 11.1 Å². The van der Waals surface area contributed by atoms with Gasteiger partial charge in [0.15, 0.2) is 0 Å². The van der Waals surface area contributed by atoms with Crippen molar-refractivity contribution in [3.63, 3.8) is 0 Å². The average molecular weight is 143 g/mol. The average Bonchev–Trinajstić information content (AvgIpc) is 1.88. The SMILES string of the molecule is C[C@@H]1CNCCN1C(N)=O. The first-order chi connectivity index (χ1) is 4.72. The Morgan fingerprint density at radius 1 is 1.80 bits per heavy atom. The molecule has 0 aromatic heterocycles. The molecule has 1 saturated heterocycles. The van der Waals surface area contributed by atoms with Gasteiger partial charge in [0.1, 0.15) is 0 Å². The maximum Gasteiger partial charge on any atom is 0.315 e. The maximum absolute atomic E-state index is 10.7. The van der Waals surface area contributed by atoms with Gasteiger partial charge in [-0.15, -0.1) is 0 Å². The summed E-state index contributed by atoms with van der Waals surface area (Å²) in [6.07, 6.45) is 0. The summed E-state index contributed by atoms with van der Waals surface area (Å²) in [5, 5.41) is 3.17. The topological polar surface area (TPSA) is 58.4 Å². The molecular weight excluding hydrogens is 130 g/mol. The third kappa shape index (κ3) is 1.39. The molecule has 1 atom stereocenters. The number of nitrogens with two attached hydrogens (primary N) is 1. The Kier molecular flexibility index (Phi) is 2.11. The number of primary amides is 1. The van der Waals surface area contributed by atoms with Crippen LogP contribution in [0.15, 0.2) is 0 Å². The number of rotatable bonds is 0. The maximum atomic E-state index is 10.7. The number of carbonyl (C=O) groups excluding carboxylic acids is 1. The van der Waals surface area contributed by atoms with Crippen LogP contribution in [0.1, 0.15) is 6.92 Å². The van der Waals surface area contributed by atoms with Crippen LogP contribution in [0.3, 0.4) is 0 Å². The fourth-order valence-electron chi connectivity index (χ4n) is 1.17. The fourth-order valence-corrected chi connectivity index (χ4v) is 1.17. The second-order valence-electron chi connectivity index (χ2n) is 2.58. The van der Waals surface area contributed by atoms with Gasteiger partial charge in [-0.25, -0.2) is 4.79 Å². The Labute approximate surface area is 60.4 Å². The van der Waals surface area contributed by atoms with E-state index in [4.69, 9.17) is 5.73 Å². The molecule has 58 valence electrons. The van der Waals surface area contributed by atoms with Crippen LogP contribution in [0.5, 0.6) is 0 Å². The number of hydrogen-bond donors (Lipinski definition) is 2. The molecule has 0 spiro atoms. The van der Waals surface area contributed by atoms with E-state index in [9.17, 15) is 4.79 Å². The summed E-state index contributed by atoms with van der Waals surface area (Å²) in [6, 6.07) is -0.0692. The zero-order chi connectivity index (χ0) is 7.56. The predicted octanol–water partition coefficient (Wildman–Crippen LogP) is -0.641. The standard InChI is InChI=1S/C6H13N3O/c1-5-4-8-2-3-9(5)6(7)10/h5,8H,2-4H2,1H3,(H2,7,10)/t5-/m1/s1. The third-order valence-corrected chi connectivity index (χ3v) is 1.78. The minimum atomic E-state index is -0.311. The molecule has 1 aliphatic heterocycles. The van der Waals surface area contributed by atoms with E-state index in [0.29, 0.717) is 0 Å². The van der Waals surface area contributed by atoms with Gasteiger partial charge in [0.2, 0.25) is 0 Å². The number of piperazine rings is 1. The van der Waals surface area contributed by atoms with Crippen LogP contribution >= 0.6 is 0 Å². The summed E-state index contributed by atoms with van der Waals surface area (Å²) in [4.78, 5) is 12.4. The lowest BCUT2D eigenvalue weighted by Crippen LogP contribution is -2.53. The molecule has 0 aromatic carbocycles. The van der Waals surface area contributed by atoms with E-state index >= 15 is 0 Å². The second kappa shape index (κ2) is 2.88. The first-order valence-electron chi connectivity index (χ1n) is 3.48. The monoisotopic (exact) mass is 143 g/mol. The molecule has 10 heavy (non-hydrogen) atoms. The molecule has 1 aliphatic rings. The van der Waals surface area contributed by atoms with Crippen molar-refractivity contribution >= 4 is 6.03 Å². The fraction of sp³-hybridized carbons (Fsp3) is 0.833. The van der Waals surface area contributed by atoms with Crippen molar-refractivity contribution in [1.82, 2.24) is 10.2 Å². The lowest BCUT2D eigenvalue weighted by molar-refractivity contribution is 0.173. The first-order valence-corrected chi connectivity index (χ1v) is 3.48. The minimum Gasteiger partial charge on any atom is -0.351 e. The summed E-state index contributed by atoms with van der Waals surface area (Å²) < 4.78 is 0. The van der Waals surface area contributed by atoms with E-state index in [1.54, 1.807) is 4.90 Å². The Morgan fingerprint density at radius 3 is 2.90 bits per heavy atom. The quantitative estimate of drug-likeness (QED) is 0.474. The largest absolute Gasteiger partial charge is 0.351 e. The van der Waals surface area contributed by atoms with Crippen molar-refractivity contribution in [1.29, 1.82) is 0 Å². The molecule has 0 aliphatic carbocycles. The van der Waals surface area contributed by atoms with Crippen LogP contribution in [0.2, 0.25) is 0 Å². The number of hydrogen-bond acceptors (Lipinski definition) is 2. The van der Waals surface area contributed by atoms with Crippen molar-refractivity contribution in [2.24, 2.45) is 5.73 Å². The Balaban J connectivity index is 2.47. The molecule has 3 N–H and O–H groups in total. The highest BCUT2D eigenvalue weighted by Crippen LogP contribution is 2.00. The third-order valence-electron chi connectivity index (χ3n) is 1.78. The van der Waals surface area contributed by atoms with Crippen LogP contribution in [0, 0.1) is 0 Å². The van der Waals surface area contributed by atoms with E-state index in [1.165, 1.54) is 0 Å². The molecule has 4 nitrogen and oxygen atoms in total. The zero-order valence-electron chi connectivity index (χ0n) is 6.13. The summed E-state index contributed by atoms with van der Waals surface area (Å²) >= 11 is 0. The molecule has 4 heteroatoms. The zero-order valence-corrected chi connectivity index (χ0v) is 6.13. The minimum absolute atomic E-state index is 0.242. The molecule has 0 saturated carbocycles. The van der Waals surface area contributed by atoms with Gasteiger partial charge in [0, 0.05) is 25.7 Å². The molecule has 0 bridgehead atoms. The second-order valence-corrected chi connectivity index (χ2v) is 2.58. The van der Waals surface area contributed by atoms with Gasteiger partial charge >= 0.3 is 6.03 Å². The predicted molar refractivity (Wildman–Crippen MR) is 38.6 cm³/mol. The molecule has 1 fully saturated rings. The van der Waals surface area contributed by atoms with Crippen molar-refractivity contribution in [2.45, 2.75) is 13.0 Å².